The smallest absolute Gasteiger partial charge is 0.261 e. The number of allylic oxidation sites excluding steroid dienone is 1. The van der Waals surface area contributed by atoms with Crippen molar-refractivity contribution in [3.63, 3.8) is 0 Å². The minimum absolute atomic E-state index is 0.146. The largest absolute Gasteiger partial charge is 0.293 e. The molecule has 1 atom stereocenters. The van der Waals surface area contributed by atoms with Gasteiger partial charge in [-0.15, -0.1) is 0 Å². The molecule has 0 saturated carbocycles. The minimum Gasteiger partial charge on any atom is -0.293 e. The second kappa shape index (κ2) is 7.79. The van der Waals surface area contributed by atoms with Crippen LogP contribution < -0.4 is 0 Å². The van der Waals surface area contributed by atoms with Gasteiger partial charge in [-0.2, -0.15) is 9.30 Å². The van der Waals surface area contributed by atoms with Gasteiger partial charge in [-0.05, 0) is 43.4 Å². The van der Waals surface area contributed by atoms with Crippen LogP contribution in [0.2, 0.25) is 0 Å². The first kappa shape index (κ1) is 20.5. The van der Waals surface area contributed by atoms with Gasteiger partial charge in [0.25, 0.3) is 5.91 Å². The molecule has 1 aromatic carbocycles. The van der Waals surface area contributed by atoms with E-state index in [4.69, 9.17) is 0 Å². The molecule has 3 aliphatic rings. The molecule has 1 unspecified atom stereocenters. The van der Waals surface area contributed by atoms with Crippen LogP contribution >= 0.6 is 11.8 Å². The van der Waals surface area contributed by atoms with Crippen molar-refractivity contribution in [3.8, 4) is 0 Å². The Labute approximate surface area is 175 Å². The molecule has 1 saturated heterocycles. The van der Waals surface area contributed by atoms with Gasteiger partial charge >= 0.3 is 0 Å². The van der Waals surface area contributed by atoms with Crippen molar-refractivity contribution in [1.82, 2.24) is 9.21 Å². The zero-order valence-electron chi connectivity index (χ0n) is 16.8. The van der Waals surface area contributed by atoms with Crippen LogP contribution in [0, 0.1) is 12.8 Å². The van der Waals surface area contributed by atoms with E-state index in [9.17, 15) is 13.2 Å². The molecular formula is C20H24N4O3S2. The fourth-order valence-corrected chi connectivity index (χ4v) is 6.23. The van der Waals surface area contributed by atoms with E-state index in [1.165, 1.54) is 4.31 Å². The molecule has 0 radical (unpaired) electrons. The van der Waals surface area contributed by atoms with Gasteiger partial charge < -0.3 is 0 Å². The summed E-state index contributed by atoms with van der Waals surface area (Å²) in [7, 11) is -3.48. The highest BCUT2D eigenvalue weighted by molar-refractivity contribution is 8.17. The highest BCUT2D eigenvalue weighted by Crippen LogP contribution is 2.39. The van der Waals surface area contributed by atoms with Crippen LogP contribution in [-0.2, 0) is 14.8 Å². The van der Waals surface area contributed by atoms with Crippen molar-refractivity contribution >= 4 is 38.6 Å². The first-order valence-corrected chi connectivity index (χ1v) is 11.9. The normalized spacial score (nSPS) is 23.8. The first-order chi connectivity index (χ1) is 13.8. The van der Waals surface area contributed by atoms with Gasteiger partial charge in [0, 0.05) is 26.2 Å². The molecule has 3 aliphatic heterocycles. The third kappa shape index (κ3) is 3.96. The summed E-state index contributed by atoms with van der Waals surface area (Å²) >= 11 is 1.55. The number of benzene rings is 1. The average molecular weight is 433 g/mol. The number of carbonyl (C=O) groups excluding carboxylic acids is 1. The Morgan fingerprint density at radius 3 is 2.34 bits per heavy atom. The number of sulfonamides is 1. The predicted molar refractivity (Wildman–Crippen MR) is 116 cm³/mol. The maximum atomic E-state index is 12.8. The number of aliphatic imine (C=N–C) groups is 2. The molecule has 1 fully saturated rings. The van der Waals surface area contributed by atoms with E-state index in [0.29, 0.717) is 43.5 Å². The Hall–Kier alpha value is -1.81. The fraction of sp³-hybridized carbons (Fsp3) is 0.450. The topological polar surface area (TPSA) is 82.4 Å². The maximum Gasteiger partial charge on any atom is 0.261 e. The lowest BCUT2D eigenvalue weighted by Crippen LogP contribution is -2.50. The highest BCUT2D eigenvalue weighted by atomic mass is 32.2. The number of aryl methyl sites for hydroxylation is 1. The number of piperazine rings is 1. The lowest BCUT2D eigenvalue weighted by Gasteiger charge is -2.34. The predicted octanol–water partition coefficient (Wildman–Crippen LogP) is 2.30. The van der Waals surface area contributed by atoms with Crippen LogP contribution in [0.3, 0.4) is 0 Å². The molecule has 29 heavy (non-hydrogen) atoms. The Bertz CT molecular complexity index is 1030. The summed E-state index contributed by atoms with van der Waals surface area (Å²) in [5.74, 6) is 0.0683. The average Bonchev–Trinajstić information content (AvgIpc) is 2.96. The number of fused-ring (bicyclic) bond motifs is 1. The van der Waals surface area contributed by atoms with Crippen LogP contribution in [0.5, 0.6) is 0 Å². The van der Waals surface area contributed by atoms with Crippen molar-refractivity contribution in [2.24, 2.45) is 15.9 Å². The molecule has 0 aliphatic carbocycles. The molecule has 4 rings (SSSR count). The quantitative estimate of drug-likeness (QED) is 0.729. The summed E-state index contributed by atoms with van der Waals surface area (Å²) in [6.45, 7) is 8.33. The van der Waals surface area contributed by atoms with Crippen molar-refractivity contribution in [2.75, 3.05) is 32.7 Å². The highest BCUT2D eigenvalue weighted by Gasteiger charge is 2.37. The molecule has 0 spiro atoms. The van der Waals surface area contributed by atoms with Gasteiger partial charge in [-0.25, -0.2) is 13.4 Å². The summed E-state index contributed by atoms with van der Waals surface area (Å²) in [5.41, 5.74) is 2.07. The molecule has 1 aromatic rings. The molecule has 0 aromatic heterocycles. The van der Waals surface area contributed by atoms with E-state index in [1.807, 2.05) is 32.9 Å². The van der Waals surface area contributed by atoms with Gasteiger partial charge in [-0.3, -0.25) is 9.69 Å². The molecule has 7 nitrogen and oxygen atoms in total. The van der Waals surface area contributed by atoms with Crippen LogP contribution in [-0.4, -0.2) is 67.1 Å². The molecular weight excluding hydrogens is 408 g/mol. The van der Waals surface area contributed by atoms with E-state index in [0.717, 1.165) is 21.1 Å². The number of carbonyl (C=O) groups is 1. The number of thioether (sulfide) groups is 1. The van der Waals surface area contributed by atoms with Crippen molar-refractivity contribution in [3.05, 3.63) is 40.3 Å². The van der Waals surface area contributed by atoms with Crippen molar-refractivity contribution in [1.29, 1.82) is 0 Å². The number of hydrogen-bond acceptors (Lipinski definition) is 6. The number of hydrogen-bond donors (Lipinski definition) is 0. The van der Waals surface area contributed by atoms with E-state index in [1.54, 1.807) is 23.9 Å². The third-order valence-corrected chi connectivity index (χ3v) is 8.65. The number of amidine groups is 1. The van der Waals surface area contributed by atoms with Gasteiger partial charge in [0.2, 0.25) is 10.0 Å². The standard InChI is InChI=1S/C20H24N4O3S2/c1-13-4-6-16(7-5-13)29(26,27)24-10-8-23(9-11-24)12-17-21-19(25)18-14(2)15(3)28-20(18)22-17/h4-7,18H,8-12H2,1-3H3. The SMILES string of the molecule is CC1=C(C)C2C(=O)N=C(CN3CCN(S(=O)(=O)c4ccc(C)cc4)CC3)N=C2S1. The van der Waals surface area contributed by atoms with E-state index >= 15 is 0 Å². The van der Waals surface area contributed by atoms with E-state index in [2.05, 4.69) is 14.9 Å². The maximum absolute atomic E-state index is 12.8. The van der Waals surface area contributed by atoms with Gasteiger partial charge in [-0.1, -0.05) is 29.5 Å². The molecule has 3 heterocycles. The van der Waals surface area contributed by atoms with Gasteiger partial charge in [0.15, 0.2) is 0 Å². The Balaban J connectivity index is 1.39. The molecule has 9 heteroatoms. The fourth-order valence-electron chi connectivity index (χ4n) is 3.66. The Kier molecular flexibility index (Phi) is 5.50. The summed E-state index contributed by atoms with van der Waals surface area (Å²) in [6, 6.07) is 6.94. The molecule has 1 amide bonds. The summed E-state index contributed by atoms with van der Waals surface area (Å²) in [5, 5.41) is 0.815. The van der Waals surface area contributed by atoms with Crippen LogP contribution in [0.1, 0.15) is 19.4 Å². The molecule has 0 N–H and O–H groups in total. The lowest BCUT2D eigenvalue weighted by atomic mass is 10.0. The van der Waals surface area contributed by atoms with Gasteiger partial charge in [0.1, 0.15) is 11.8 Å². The van der Waals surface area contributed by atoms with E-state index < -0.39 is 10.0 Å². The van der Waals surface area contributed by atoms with Crippen LogP contribution in [0.4, 0.5) is 0 Å². The van der Waals surface area contributed by atoms with Gasteiger partial charge in [0.05, 0.1) is 16.5 Å². The first-order valence-electron chi connectivity index (χ1n) is 9.60. The van der Waals surface area contributed by atoms with E-state index in [-0.39, 0.29) is 11.8 Å². The van der Waals surface area contributed by atoms with Crippen molar-refractivity contribution in [2.45, 2.75) is 25.7 Å². The summed E-state index contributed by atoms with van der Waals surface area (Å²) < 4.78 is 27.2. The second-order valence-corrected chi connectivity index (χ2v) is 10.8. The Morgan fingerprint density at radius 2 is 1.69 bits per heavy atom. The zero-order chi connectivity index (χ0) is 20.8. The molecule has 0 bridgehead atoms. The number of amides is 1. The second-order valence-electron chi connectivity index (χ2n) is 7.58. The summed E-state index contributed by atoms with van der Waals surface area (Å²) in [6.07, 6.45) is 0. The minimum atomic E-state index is -3.48. The van der Waals surface area contributed by atoms with Crippen LogP contribution in [0.25, 0.3) is 0 Å². The zero-order valence-corrected chi connectivity index (χ0v) is 18.4. The number of nitrogens with zero attached hydrogens (tertiary/aromatic N) is 4. The third-order valence-electron chi connectivity index (χ3n) is 5.57. The lowest BCUT2D eigenvalue weighted by molar-refractivity contribution is -0.118. The van der Waals surface area contributed by atoms with Crippen molar-refractivity contribution < 1.29 is 13.2 Å². The van der Waals surface area contributed by atoms with Crippen LogP contribution in [0.15, 0.2) is 49.6 Å². The number of rotatable bonds is 4. The monoisotopic (exact) mass is 432 g/mol. The summed E-state index contributed by atoms with van der Waals surface area (Å²) in [4.78, 5) is 24.8. The molecule has 154 valence electrons. The Morgan fingerprint density at radius 1 is 1.03 bits per heavy atom.